The van der Waals surface area contributed by atoms with Gasteiger partial charge in [0.1, 0.15) is 18.4 Å². The predicted molar refractivity (Wildman–Crippen MR) is 156 cm³/mol. The number of nitrogens with zero attached hydrogens (tertiary/aromatic N) is 2. The number of para-hydroxylation sites is 1. The highest BCUT2D eigenvalue weighted by Gasteiger charge is 2.35. The van der Waals surface area contributed by atoms with Gasteiger partial charge in [-0.2, -0.15) is 0 Å². The molecule has 0 unspecified atom stereocenters. The van der Waals surface area contributed by atoms with Crippen molar-refractivity contribution >= 4 is 39.3 Å². The van der Waals surface area contributed by atoms with E-state index in [0.717, 1.165) is 16.5 Å². The van der Waals surface area contributed by atoms with Crippen LogP contribution in [-0.2, 0) is 14.3 Å². The average molecular weight is 632 g/mol. The van der Waals surface area contributed by atoms with Crippen LogP contribution in [-0.4, -0.2) is 51.7 Å². The van der Waals surface area contributed by atoms with Gasteiger partial charge in [-0.3, -0.25) is 9.36 Å². The van der Waals surface area contributed by atoms with Crippen molar-refractivity contribution in [3.63, 3.8) is 0 Å². The van der Waals surface area contributed by atoms with Gasteiger partial charge in [0.25, 0.3) is 5.56 Å². The second-order valence-corrected chi connectivity index (χ2v) is 10.7. The van der Waals surface area contributed by atoms with E-state index in [4.69, 9.17) is 23.7 Å². The summed E-state index contributed by atoms with van der Waals surface area (Å²) in [6.07, 6.45) is 2.57. The molecule has 3 aromatic rings. The first-order valence-electron chi connectivity index (χ1n) is 12.7. The molecule has 0 N–H and O–H groups in total. The zero-order chi connectivity index (χ0) is 28.8. The third-order valence-corrected chi connectivity index (χ3v) is 7.90. The van der Waals surface area contributed by atoms with Crippen LogP contribution in [0.4, 0.5) is 0 Å². The van der Waals surface area contributed by atoms with Crippen molar-refractivity contribution in [3.8, 4) is 17.2 Å². The molecule has 1 aliphatic rings. The number of halogens is 1. The molecule has 0 aliphatic carbocycles. The van der Waals surface area contributed by atoms with Gasteiger partial charge >= 0.3 is 5.97 Å². The van der Waals surface area contributed by atoms with E-state index in [0.29, 0.717) is 44.4 Å². The maximum Gasteiger partial charge on any atom is 0.338 e. The second kappa shape index (κ2) is 13.3. The molecule has 1 atom stereocenters. The van der Waals surface area contributed by atoms with Crippen LogP contribution in [0.1, 0.15) is 37.4 Å². The summed E-state index contributed by atoms with van der Waals surface area (Å²) >= 11 is 4.80. The molecule has 1 aromatic heterocycles. The van der Waals surface area contributed by atoms with Crippen LogP contribution in [0.3, 0.4) is 0 Å². The molecule has 0 fully saturated rings. The summed E-state index contributed by atoms with van der Waals surface area (Å²) in [7, 11) is 4.65. The number of hydrogen-bond donors (Lipinski definition) is 0. The number of esters is 1. The molecule has 0 bridgehead atoms. The van der Waals surface area contributed by atoms with Gasteiger partial charge < -0.3 is 23.7 Å². The van der Waals surface area contributed by atoms with E-state index in [1.165, 1.54) is 18.4 Å². The molecule has 0 saturated heterocycles. The van der Waals surface area contributed by atoms with E-state index in [-0.39, 0.29) is 24.3 Å². The summed E-state index contributed by atoms with van der Waals surface area (Å²) in [4.78, 5) is 32.6. The van der Waals surface area contributed by atoms with E-state index >= 15 is 0 Å². The van der Waals surface area contributed by atoms with E-state index in [1.807, 2.05) is 31.2 Å². The fourth-order valence-electron chi connectivity index (χ4n) is 4.34. The van der Waals surface area contributed by atoms with E-state index < -0.39 is 12.0 Å². The first kappa shape index (κ1) is 29.6. The third-order valence-electron chi connectivity index (χ3n) is 6.23. The van der Waals surface area contributed by atoms with Crippen molar-refractivity contribution in [1.82, 2.24) is 4.57 Å². The Balaban J connectivity index is 1.93. The lowest BCUT2D eigenvalue weighted by molar-refractivity contribution is -0.140. The van der Waals surface area contributed by atoms with Crippen LogP contribution in [0.25, 0.3) is 6.08 Å². The normalized spacial score (nSPS) is 14.9. The highest BCUT2D eigenvalue weighted by Crippen LogP contribution is 2.36. The fourth-order valence-corrected chi connectivity index (χ4v) is 5.82. The zero-order valence-electron chi connectivity index (χ0n) is 23.0. The molecule has 2 heterocycles. The lowest BCUT2D eigenvalue weighted by Crippen LogP contribution is -2.40. The van der Waals surface area contributed by atoms with E-state index in [9.17, 15) is 9.59 Å². The van der Waals surface area contributed by atoms with Crippen molar-refractivity contribution in [1.29, 1.82) is 0 Å². The van der Waals surface area contributed by atoms with Crippen LogP contribution in [0, 0.1) is 0 Å². The molecular weight excluding hydrogens is 600 g/mol. The maximum atomic E-state index is 14.0. The number of methoxy groups -OCH3 is 3. The molecular formula is C29H31BrN2O7S. The number of aromatic nitrogens is 1. The second-order valence-electron chi connectivity index (χ2n) is 8.83. The number of rotatable bonds is 11. The Labute approximate surface area is 244 Å². The number of carbonyl (C=O) groups is 1. The molecule has 0 saturated carbocycles. The minimum atomic E-state index is -0.796. The molecule has 11 heteroatoms. The first-order chi connectivity index (χ1) is 19.3. The Bertz CT molecular complexity index is 1610. The van der Waals surface area contributed by atoms with E-state index in [2.05, 4.69) is 20.9 Å². The Morgan fingerprint density at radius 1 is 1.07 bits per heavy atom. The molecule has 1 aliphatic heterocycles. The Hall–Kier alpha value is -3.41. The van der Waals surface area contributed by atoms with Crippen molar-refractivity contribution in [3.05, 3.63) is 83.0 Å². The zero-order valence-corrected chi connectivity index (χ0v) is 25.4. The minimum absolute atomic E-state index is 0.0740. The summed E-state index contributed by atoms with van der Waals surface area (Å²) in [6.45, 7) is 4.57. The largest absolute Gasteiger partial charge is 0.493 e. The number of thiazole rings is 1. The molecule has 2 aromatic carbocycles. The van der Waals surface area contributed by atoms with Crippen LogP contribution >= 0.6 is 27.3 Å². The first-order valence-corrected chi connectivity index (χ1v) is 14.3. The summed E-state index contributed by atoms with van der Waals surface area (Å²) < 4.78 is 30.1. The van der Waals surface area contributed by atoms with Crippen molar-refractivity contribution < 1.29 is 28.5 Å². The van der Waals surface area contributed by atoms with Gasteiger partial charge in [-0.15, -0.1) is 0 Å². The van der Waals surface area contributed by atoms with Gasteiger partial charge in [-0.25, -0.2) is 9.79 Å². The molecule has 9 nitrogen and oxygen atoms in total. The third kappa shape index (κ3) is 6.01. The minimum Gasteiger partial charge on any atom is -0.493 e. The van der Waals surface area contributed by atoms with Crippen molar-refractivity contribution in [2.24, 2.45) is 4.99 Å². The van der Waals surface area contributed by atoms with Crippen LogP contribution in [0.5, 0.6) is 17.2 Å². The van der Waals surface area contributed by atoms with Crippen molar-refractivity contribution in [2.45, 2.75) is 26.3 Å². The van der Waals surface area contributed by atoms with E-state index in [1.54, 1.807) is 43.9 Å². The van der Waals surface area contributed by atoms with Gasteiger partial charge in [-0.05, 0) is 43.2 Å². The number of ether oxygens (including phenoxy) is 5. The Morgan fingerprint density at radius 3 is 2.50 bits per heavy atom. The summed E-state index contributed by atoms with van der Waals surface area (Å²) in [5, 5.41) is 0. The number of benzene rings is 2. The van der Waals surface area contributed by atoms with Crippen molar-refractivity contribution in [2.75, 3.05) is 41.2 Å². The highest BCUT2D eigenvalue weighted by molar-refractivity contribution is 9.10. The fraction of sp³-hybridized carbons (Fsp3) is 0.345. The lowest BCUT2D eigenvalue weighted by atomic mass is 9.95. The van der Waals surface area contributed by atoms with Gasteiger partial charge in [0.2, 0.25) is 0 Å². The predicted octanol–water partition coefficient (Wildman–Crippen LogP) is 3.99. The number of allylic oxidation sites excluding steroid dienone is 1. The van der Waals surface area contributed by atoms with Crippen LogP contribution in [0.15, 0.2) is 61.9 Å². The number of fused-ring (bicyclic) bond motifs is 1. The van der Waals surface area contributed by atoms with Gasteiger partial charge in [0, 0.05) is 17.1 Å². The van der Waals surface area contributed by atoms with Crippen LogP contribution < -0.4 is 29.1 Å². The number of carbonyl (C=O) groups excluding carboxylic acids is 1. The molecule has 4 rings (SSSR count). The summed E-state index contributed by atoms with van der Waals surface area (Å²) in [5.74, 6) is 1.11. The molecule has 0 amide bonds. The smallest absolute Gasteiger partial charge is 0.338 e. The SMILES string of the molecule is CCCOc1ccccc1[C@H]1C(C(=O)OCCOC)=C(C)N=c2s/c(=C/c3cc(OC)c(OC)cc3Br)c(=O)n21. The molecule has 0 spiro atoms. The summed E-state index contributed by atoms with van der Waals surface area (Å²) in [5.41, 5.74) is 1.84. The standard InChI is InChI=1S/C29H31BrN2O7S/c1-6-11-38-21-10-8-7-9-19(21)26-25(28(34)39-13-12-35-3)17(2)31-29-32(26)27(33)24(40-29)15-18-14-22(36-4)23(37-5)16-20(18)30/h7-10,14-16,26H,6,11-13H2,1-5H3/b24-15+/t26-/m0/s1. The number of hydrogen-bond acceptors (Lipinski definition) is 9. The monoisotopic (exact) mass is 630 g/mol. The quantitative estimate of drug-likeness (QED) is 0.233. The maximum absolute atomic E-state index is 14.0. The average Bonchev–Trinajstić information content (AvgIpc) is 3.26. The molecule has 212 valence electrons. The lowest BCUT2D eigenvalue weighted by Gasteiger charge is -2.26. The molecule has 40 heavy (non-hydrogen) atoms. The highest BCUT2D eigenvalue weighted by atomic mass is 79.9. The summed E-state index contributed by atoms with van der Waals surface area (Å²) in [6, 6.07) is 10.2. The Kier molecular flexibility index (Phi) is 9.83. The topological polar surface area (TPSA) is 97.6 Å². The Morgan fingerprint density at radius 2 is 1.80 bits per heavy atom. The van der Waals surface area contributed by atoms with Gasteiger partial charge in [0.15, 0.2) is 16.3 Å². The van der Waals surface area contributed by atoms with Crippen LogP contribution in [0.2, 0.25) is 0 Å². The van der Waals surface area contributed by atoms with Gasteiger partial charge in [0.05, 0.1) is 43.2 Å². The molecule has 0 radical (unpaired) electrons. The van der Waals surface area contributed by atoms with Gasteiger partial charge in [-0.1, -0.05) is 52.4 Å².